The number of methoxy groups -OCH3 is 1. The van der Waals surface area contributed by atoms with Crippen molar-refractivity contribution in [1.82, 2.24) is 10.4 Å². The molecular formula is C46H63N4O10S+. The van der Waals surface area contributed by atoms with Gasteiger partial charge in [-0.25, -0.2) is 4.79 Å². The normalized spacial score (nSPS) is 17.5. The van der Waals surface area contributed by atoms with Crippen molar-refractivity contribution < 1.29 is 51.0 Å². The molecule has 15 heteroatoms. The van der Waals surface area contributed by atoms with E-state index >= 15 is 0 Å². The molecule has 0 unspecified atom stereocenters. The average molecular weight is 864 g/mol. The number of nitrogens with zero attached hydrogens (tertiary/aromatic N) is 3. The van der Waals surface area contributed by atoms with Crippen LogP contribution in [0, 0.1) is 0 Å². The van der Waals surface area contributed by atoms with Gasteiger partial charge in [-0.15, -0.1) is 5.06 Å². The van der Waals surface area contributed by atoms with Gasteiger partial charge in [0.2, 0.25) is 11.6 Å². The summed E-state index contributed by atoms with van der Waals surface area (Å²) < 4.78 is 46.9. The Bertz CT molecular complexity index is 2140. The molecule has 3 aliphatic heterocycles. The van der Waals surface area contributed by atoms with Gasteiger partial charge in [-0.05, 0) is 81.4 Å². The van der Waals surface area contributed by atoms with Crippen LogP contribution in [0.4, 0.5) is 11.4 Å². The molecule has 332 valence electrons. The largest absolute Gasteiger partial charge is 0.382 e. The van der Waals surface area contributed by atoms with Gasteiger partial charge in [0.1, 0.15) is 6.54 Å². The predicted octanol–water partition coefficient (Wildman–Crippen LogP) is 6.62. The van der Waals surface area contributed by atoms with Crippen molar-refractivity contribution in [3.63, 3.8) is 0 Å². The zero-order valence-corrected chi connectivity index (χ0v) is 37.4. The molecule has 0 radical (unpaired) electrons. The summed E-state index contributed by atoms with van der Waals surface area (Å²) in [6.07, 6.45) is 12.2. The quantitative estimate of drug-likeness (QED) is 0.0533. The van der Waals surface area contributed by atoms with Crippen molar-refractivity contribution in [1.29, 1.82) is 0 Å². The Hall–Kier alpha value is -4.70. The lowest BCUT2D eigenvalue weighted by Crippen LogP contribution is -2.31. The zero-order valence-electron chi connectivity index (χ0n) is 36.6. The third-order valence-corrected chi connectivity index (χ3v) is 12.6. The first-order chi connectivity index (χ1) is 29.0. The molecule has 2 aromatic carbocycles. The molecule has 0 aliphatic carbocycles. The highest BCUT2D eigenvalue weighted by Crippen LogP contribution is 2.48. The number of carbonyl (C=O) groups is 4. The molecule has 0 bridgehead atoms. The van der Waals surface area contributed by atoms with Crippen molar-refractivity contribution >= 4 is 50.9 Å². The van der Waals surface area contributed by atoms with Crippen molar-refractivity contribution in [3.05, 3.63) is 77.0 Å². The minimum Gasteiger partial charge on any atom is -0.382 e. The number of allylic oxidation sites excluding steroid dienone is 4. The minimum atomic E-state index is -4.44. The maximum Gasteiger partial charge on any atom is 0.333 e. The zero-order chi connectivity index (χ0) is 44.4. The number of hydrogen-bond donors (Lipinski definition) is 2. The van der Waals surface area contributed by atoms with E-state index in [0.717, 1.165) is 54.9 Å². The van der Waals surface area contributed by atoms with E-state index in [2.05, 4.69) is 72.0 Å². The van der Waals surface area contributed by atoms with Gasteiger partial charge in [0.15, 0.2) is 5.71 Å². The average Bonchev–Trinajstić information content (AvgIpc) is 3.73. The summed E-state index contributed by atoms with van der Waals surface area (Å²) in [5.41, 5.74) is 6.49. The van der Waals surface area contributed by atoms with Crippen LogP contribution in [0.25, 0.3) is 0 Å². The monoisotopic (exact) mass is 863 g/mol. The molecule has 0 spiro atoms. The van der Waals surface area contributed by atoms with Crippen LogP contribution < -0.4 is 10.2 Å². The molecule has 1 fully saturated rings. The number of nitrogens with one attached hydrogen (secondary N) is 1. The standard InChI is InChI=1S/C46H62N4O10S/c1-7-33-19-21-37-35(31-33)45(2,3)39(48(37)26-12-8-10-17-41(51)47-25-28-59-30-29-58-6)15-14-16-40-46(4,5)36-32-34(61(55,56)57)20-22-38(36)49(40)27-13-9-11-18-44(54)60-50-42(52)23-24-43(50)53/h14-16,19-22,31-32H,7-13,17-18,23-30H2,1-6H3,(H-,47,51,55,56,57)/p+1. The Labute approximate surface area is 360 Å². The lowest BCUT2D eigenvalue weighted by atomic mass is 9.81. The minimum absolute atomic E-state index is 0.0219. The Morgan fingerprint density at radius 3 is 2.31 bits per heavy atom. The highest BCUT2D eigenvalue weighted by atomic mass is 32.2. The molecule has 0 saturated carbocycles. The third-order valence-electron chi connectivity index (χ3n) is 11.8. The molecule has 2 N–H and O–H groups in total. The number of unbranched alkanes of at least 4 members (excludes halogenated alkanes) is 4. The topological polar surface area (TPSA) is 172 Å². The summed E-state index contributed by atoms with van der Waals surface area (Å²) in [6, 6.07) is 11.4. The first kappa shape index (κ1) is 47.4. The first-order valence-corrected chi connectivity index (χ1v) is 22.9. The second-order valence-corrected chi connectivity index (χ2v) is 18.3. The SMILES string of the molecule is CCc1ccc2c(c1)C(C)(C)C(=CC=CC1=[N+](CCCCCC(=O)ON3C(=O)CCC3=O)c3ccc(S(=O)(=O)O)cc3C1(C)C)N2CCCCCC(=O)NCCOCCOC. The molecular weight excluding hydrogens is 801 g/mol. The second kappa shape index (κ2) is 20.9. The van der Waals surface area contributed by atoms with E-state index in [1.165, 1.54) is 22.9 Å². The number of anilines is 1. The maximum absolute atomic E-state index is 12.4. The fraction of sp³-hybridized carbons (Fsp3) is 0.543. The Balaban J connectivity index is 1.32. The number of benzene rings is 2. The predicted molar refractivity (Wildman–Crippen MR) is 232 cm³/mol. The van der Waals surface area contributed by atoms with Crippen molar-refractivity contribution in [2.45, 2.75) is 121 Å². The smallest absolute Gasteiger partial charge is 0.333 e. The number of rotatable bonds is 23. The van der Waals surface area contributed by atoms with E-state index in [9.17, 15) is 32.1 Å². The number of imide groups is 1. The summed E-state index contributed by atoms with van der Waals surface area (Å²) in [6.45, 7) is 14.0. The summed E-state index contributed by atoms with van der Waals surface area (Å²) in [7, 11) is -2.82. The van der Waals surface area contributed by atoms with Crippen molar-refractivity contribution in [2.24, 2.45) is 0 Å². The van der Waals surface area contributed by atoms with E-state index in [1.807, 2.05) is 13.8 Å². The van der Waals surface area contributed by atoms with Crippen LogP contribution in [0.2, 0.25) is 0 Å². The fourth-order valence-electron chi connectivity index (χ4n) is 8.32. The third kappa shape index (κ3) is 11.6. The first-order valence-electron chi connectivity index (χ1n) is 21.5. The number of aryl methyl sites for hydroxylation is 1. The highest BCUT2D eigenvalue weighted by molar-refractivity contribution is 7.85. The highest BCUT2D eigenvalue weighted by Gasteiger charge is 2.45. The molecule has 3 heterocycles. The van der Waals surface area contributed by atoms with E-state index in [4.69, 9.17) is 14.3 Å². The number of amides is 3. The number of fused-ring (bicyclic) bond motifs is 2. The molecule has 3 amide bonds. The van der Waals surface area contributed by atoms with Crippen LogP contribution in [-0.2, 0) is 60.9 Å². The molecule has 14 nitrogen and oxygen atoms in total. The van der Waals surface area contributed by atoms with Gasteiger partial charge >= 0.3 is 5.97 Å². The molecule has 2 aromatic rings. The lowest BCUT2D eigenvalue weighted by Gasteiger charge is -2.27. The molecule has 3 aliphatic rings. The fourth-order valence-corrected chi connectivity index (χ4v) is 8.83. The van der Waals surface area contributed by atoms with E-state index < -0.39 is 33.3 Å². The second-order valence-electron chi connectivity index (χ2n) is 16.8. The molecule has 0 aromatic heterocycles. The summed E-state index contributed by atoms with van der Waals surface area (Å²) >= 11 is 0. The number of ether oxygens (including phenoxy) is 2. The van der Waals surface area contributed by atoms with Crippen LogP contribution in [0.1, 0.15) is 116 Å². The van der Waals surface area contributed by atoms with E-state index in [0.29, 0.717) is 63.7 Å². The van der Waals surface area contributed by atoms with Gasteiger partial charge in [0.05, 0.1) is 30.1 Å². The van der Waals surface area contributed by atoms with E-state index in [-0.39, 0.29) is 35.5 Å². The van der Waals surface area contributed by atoms with Gasteiger partial charge in [-0.3, -0.25) is 18.9 Å². The van der Waals surface area contributed by atoms with Gasteiger partial charge < -0.3 is 24.5 Å². The van der Waals surface area contributed by atoms with E-state index in [1.54, 1.807) is 19.2 Å². The molecule has 61 heavy (non-hydrogen) atoms. The molecule has 5 rings (SSSR count). The van der Waals surface area contributed by atoms with Crippen LogP contribution in [0.3, 0.4) is 0 Å². The number of hydroxylamine groups is 2. The van der Waals surface area contributed by atoms with Gasteiger partial charge in [-0.2, -0.15) is 13.0 Å². The van der Waals surface area contributed by atoms with Gasteiger partial charge in [0, 0.05) is 86.8 Å². The van der Waals surface area contributed by atoms with Gasteiger partial charge in [-0.1, -0.05) is 45.4 Å². The molecule has 1 saturated heterocycles. The Kier molecular flexibility index (Phi) is 16.2. The van der Waals surface area contributed by atoms with Crippen LogP contribution >= 0.6 is 0 Å². The van der Waals surface area contributed by atoms with Crippen LogP contribution in [-0.4, -0.2) is 98.6 Å². The van der Waals surface area contributed by atoms with Crippen molar-refractivity contribution in [3.8, 4) is 0 Å². The summed E-state index contributed by atoms with van der Waals surface area (Å²) in [5.74, 6) is -1.63. The van der Waals surface area contributed by atoms with Crippen LogP contribution in [0.15, 0.2) is 65.2 Å². The maximum atomic E-state index is 12.4. The number of hydrogen-bond acceptors (Lipinski definition) is 10. The Morgan fingerprint density at radius 2 is 1.61 bits per heavy atom. The Morgan fingerprint density at radius 1 is 0.885 bits per heavy atom. The van der Waals surface area contributed by atoms with Crippen molar-refractivity contribution in [2.75, 3.05) is 51.5 Å². The molecule has 0 atom stereocenters. The van der Waals surface area contributed by atoms with Gasteiger partial charge in [0.25, 0.3) is 21.9 Å². The number of carbonyl (C=O) groups excluding carboxylic acids is 4. The van der Waals surface area contributed by atoms with Crippen LogP contribution in [0.5, 0.6) is 0 Å². The lowest BCUT2D eigenvalue weighted by molar-refractivity contribution is -0.438. The summed E-state index contributed by atoms with van der Waals surface area (Å²) in [4.78, 5) is 55.8. The summed E-state index contributed by atoms with van der Waals surface area (Å²) in [5, 5.41) is 3.49.